The molecule has 3 heterocycles. The van der Waals surface area contributed by atoms with Gasteiger partial charge in [-0.25, -0.2) is 15.0 Å². The predicted octanol–water partition coefficient (Wildman–Crippen LogP) is 3.20. The average molecular weight is 409 g/mol. The number of carboxylic acid groups (broad SMARTS) is 1. The summed E-state index contributed by atoms with van der Waals surface area (Å²) in [7, 11) is 0. The highest BCUT2D eigenvalue weighted by atomic mass is 16.4. The van der Waals surface area contributed by atoms with E-state index in [4.69, 9.17) is 10.5 Å². The highest BCUT2D eigenvalue weighted by molar-refractivity contribution is 5.92. The molecule has 0 radical (unpaired) electrons. The van der Waals surface area contributed by atoms with Gasteiger partial charge in [-0.1, -0.05) is 6.07 Å². The van der Waals surface area contributed by atoms with Crippen LogP contribution in [0.3, 0.4) is 0 Å². The zero-order valence-corrected chi connectivity index (χ0v) is 17.2. The number of aromatic nitrogens is 3. The molecule has 0 bridgehead atoms. The van der Waals surface area contributed by atoms with Crippen LogP contribution < -0.4 is 10.6 Å². The van der Waals surface area contributed by atoms with Crippen molar-refractivity contribution >= 4 is 17.5 Å². The molecule has 0 aromatic carbocycles. The van der Waals surface area contributed by atoms with E-state index in [0.29, 0.717) is 23.5 Å². The van der Waals surface area contributed by atoms with Gasteiger partial charge in [0.15, 0.2) is 0 Å². The van der Waals surface area contributed by atoms with Crippen molar-refractivity contribution in [2.24, 2.45) is 0 Å². The molecular formula is C22H28N6O2. The zero-order valence-electron chi connectivity index (χ0n) is 17.2. The minimum absolute atomic E-state index is 0.0951. The number of pyridine rings is 1. The summed E-state index contributed by atoms with van der Waals surface area (Å²) in [6.45, 7) is 2.75. The Kier molecular flexibility index (Phi) is 7.48. The van der Waals surface area contributed by atoms with Crippen LogP contribution in [0.4, 0.5) is 5.82 Å². The summed E-state index contributed by atoms with van der Waals surface area (Å²) in [4.78, 5) is 24.1. The fourth-order valence-electron chi connectivity index (χ4n) is 3.35. The molecule has 2 aromatic heterocycles. The molecule has 1 unspecified atom stereocenters. The smallest absolute Gasteiger partial charge is 0.305 e. The molecule has 8 nitrogen and oxygen atoms in total. The van der Waals surface area contributed by atoms with E-state index in [1.807, 2.05) is 0 Å². The van der Waals surface area contributed by atoms with E-state index in [1.54, 1.807) is 31.6 Å². The van der Waals surface area contributed by atoms with Crippen molar-refractivity contribution in [2.45, 2.75) is 51.5 Å². The van der Waals surface area contributed by atoms with Gasteiger partial charge in [-0.15, -0.1) is 0 Å². The van der Waals surface area contributed by atoms with Gasteiger partial charge in [-0.3, -0.25) is 4.79 Å². The van der Waals surface area contributed by atoms with Crippen molar-refractivity contribution in [1.82, 2.24) is 20.3 Å². The maximum absolute atomic E-state index is 11.2. The molecule has 2 aromatic rings. The first-order valence-electron chi connectivity index (χ1n) is 10.2. The molecule has 0 amide bonds. The fraction of sp³-hybridized carbons (Fsp3) is 0.409. The molecule has 0 saturated heterocycles. The van der Waals surface area contributed by atoms with Gasteiger partial charge in [0.2, 0.25) is 0 Å². The zero-order chi connectivity index (χ0) is 21.3. The Bertz CT molecular complexity index is 910. The summed E-state index contributed by atoms with van der Waals surface area (Å²) in [5, 5.41) is 23.7. The molecule has 0 saturated carbocycles. The summed E-state index contributed by atoms with van der Waals surface area (Å²) in [6.07, 6.45) is 11.0. The Morgan fingerprint density at radius 3 is 2.93 bits per heavy atom. The molecule has 8 heteroatoms. The van der Waals surface area contributed by atoms with Crippen molar-refractivity contribution in [3.63, 3.8) is 0 Å². The highest BCUT2D eigenvalue weighted by Gasteiger charge is 2.15. The number of carboxylic acids is 1. The summed E-state index contributed by atoms with van der Waals surface area (Å²) in [6, 6.07) is 3.78. The summed E-state index contributed by atoms with van der Waals surface area (Å²) in [5.41, 5.74) is 3.50. The van der Waals surface area contributed by atoms with Gasteiger partial charge < -0.3 is 21.1 Å². The first-order valence-corrected chi connectivity index (χ1v) is 10.2. The van der Waals surface area contributed by atoms with E-state index < -0.39 is 12.0 Å². The SMILES string of the molecule is Cc1ncc(C(CC(=O)O)N/C=C\C(=N)CCCc2ccc3c(n2)NCCC3)cn1. The van der Waals surface area contributed by atoms with E-state index in [2.05, 4.69) is 37.7 Å². The van der Waals surface area contributed by atoms with Crippen molar-refractivity contribution in [3.8, 4) is 0 Å². The van der Waals surface area contributed by atoms with Gasteiger partial charge in [-0.2, -0.15) is 0 Å². The van der Waals surface area contributed by atoms with Crippen molar-refractivity contribution in [2.75, 3.05) is 11.9 Å². The second-order valence-electron chi connectivity index (χ2n) is 7.43. The Balaban J connectivity index is 1.47. The van der Waals surface area contributed by atoms with Gasteiger partial charge in [0.25, 0.3) is 0 Å². The molecule has 1 aliphatic rings. The predicted molar refractivity (Wildman–Crippen MR) is 116 cm³/mol. The number of hydrogen-bond donors (Lipinski definition) is 4. The summed E-state index contributed by atoms with van der Waals surface area (Å²) in [5.74, 6) is 0.723. The van der Waals surface area contributed by atoms with Crippen molar-refractivity contribution < 1.29 is 9.90 Å². The highest BCUT2D eigenvalue weighted by Crippen LogP contribution is 2.20. The lowest BCUT2D eigenvalue weighted by molar-refractivity contribution is -0.137. The quantitative estimate of drug-likeness (QED) is 0.445. The minimum atomic E-state index is -0.913. The van der Waals surface area contributed by atoms with Crippen LogP contribution in [0.25, 0.3) is 0 Å². The van der Waals surface area contributed by atoms with E-state index in [9.17, 15) is 4.79 Å². The standard InChI is InChI=1S/C22H28N6O2/c1-15-26-13-17(14-27-15)20(12-21(29)30)24-11-9-18(23)5-2-6-19-8-7-16-4-3-10-25-22(16)28-19/h7-9,11,13-14,20,23-24H,2-6,10,12H2,1H3,(H,25,28)(H,29,30)/b11-9-,23-18?. The lowest BCUT2D eigenvalue weighted by Gasteiger charge is -2.17. The van der Waals surface area contributed by atoms with E-state index in [0.717, 1.165) is 43.7 Å². The number of aryl methyl sites for hydroxylation is 3. The number of allylic oxidation sites excluding steroid dienone is 1. The Morgan fingerprint density at radius 1 is 1.37 bits per heavy atom. The largest absolute Gasteiger partial charge is 0.481 e. The number of hydrogen-bond acceptors (Lipinski definition) is 7. The number of nitrogens with one attached hydrogen (secondary N) is 3. The van der Waals surface area contributed by atoms with Crippen LogP contribution in [0.15, 0.2) is 36.8 Å². The van der Waals surface area contributed by atoms with Crippen molar-refractivity contribution in [1.29, 1.82) is 5.41 Å². The monoisotopic (exact) mass is 408 g/mol. The van der Waals surface area contributed by atoms with Crippen molar-refractivity contribution in [3.05, 3.63) is 59.4 Å². The summed E-state index contributed by atoms with van der Waals surface area (Å²) >= 11 is 0. The van der Waals surface area contributed by atoms with Crippen LogP contribution in [0, 0.1) is 12.3 Å². The molecule has 158 valence electrons. The normalized spacial score (nSPS) is 14.0. The maximum Gasteiger partial charge on any atom is 0.305 e. The third-order valence-corrected chi connectivity index (χ3v) is 4.99. The van der Waals surface area contributed by atoms with Crippen LogP contribution in [0.5, 0.6) is 0 Å². The number of aliphatic carboxylic acids is 1. The Labute approximate surface area is 176 Å². The second kappa shape index (κ2) is 10.5. The fourth-order valence-corrected chi connectivity index (χ4v) is 3.35. The molecule has 1 atom stereocenters. The van der Waals surface area contributed by atoms with E-state index in [1.165, 1.54) is 5.56 Å². The molecule has 30 heavy (non-hydrogen) atoms. The third-order valence-electron chi connectivity index (χ3n) is 4.99. The molecule has 1 aliphatic heterocycles. The van der Waals surface area contributed by atoms with Crippen LogP contribution in [0.2, 0.25) is 0 Å². The number of nitrogens with zero attached hydrogens (tertiary/aromatic N) is 3. The molecular weight excluding hydrogens is 380 g/mol. The van der Waals surface area contributed by atoms with Crippen LogP contribution in [-0.2, 0) is 17.6 Å². The van der Waals surface area contributed by atoms with Gasteiger partial charge in [0, 0.05) is 35.9 Å². The van der Waals surface area contributed by atoms with Gasteiger partial charge in [0.05, 0.1) is 12.5 Å². The van der Waals surface area contributed by atoms with E-state index in [-0.39, 0.29) is 6.42 Å². The first kappa shape index (κ1) is 21.4. The van der Waals surface area contributed by atoms with Crippen LogP contribution in [0.1, 0.15) is 54.4 Å². The molecule has 0 aliphatic carbocycles. The Hall–Kier alpha value is -3.29. The van der Waals surface area contributed by atoms with Crippen LogP contribution in [-0.4, -0.2) is 38.3 Å². The second-order valence-corrected chi connectivity index (χ2v) is 7.43. The first-order chi connectivity index (χ1) is 14.5. The van der Waals surface area contributed by atoms with Crippen LogP contribution >= 0.6 is 0 Å². The van der Waals surface area contributed by atoms with Gasteiger partial charge in [-0.05, 0) is 62.9 Å². The maximum atomic E-state index is 11.2. The lowest BCUT2D eigenvalue weighted by atomic mass is 10.1. The topological polar surface area (TPSA) is 124 Å². The number of carbonyl (C=O) groups is 1. The third kappa shape index (κ3) is 6.37. The lowest BCUT2D eigenvalue weighted by Crippen LogP contribution is -2.20. The molecule has 0 spiro atoms. The minimum Gasteiger partial charge on any atom is -0.481 e. The molecule has 0 fully saturated rings. The average Bonchev–Trinajstić information content (AvgIpc) is 2.73. The van der Waals surface area contributed by atoms with Gasteiger partial charge >= 0.3 is 5.97 Å². The van der Waals surface area contributed by atoms with Gasteiger partial charge in [0.1, 0.15) is 11.6 Å². The number of anilines is 1. The Morgan fingerprint density at radius 2 is 2.17 bits per heavy atom. The number of fused-ring (bicyclic) bond motifs is 1. The van der Waals surface area contributed by atoms with E-state index >= 15 is 0 Å². The number of rotatable bonds is 10. The molecule has 4 N–H and O–H groups in total. The summed E-state index contributed by atoms with van der Waals surface area (Å²) < 4.78 is 0. The molecule has 3 rings (SSSR count).